The maximum Gasteiger partial charge on any atom is 0.458 e. The van der Waals surface area contributed by atoms with E-state index in [1.165, 1.54) is 20.8 Å². The molecule has 0 aliphatic heterocycles. The van der Waals surface area contributed by atoms with Crippen LogP contribution in [-0.4, -0.2) is 23.5 Å². The van der Waals surface area contributed by atoms with Crippen molar-refractivity contribution in [1.29, 1.82) is 0 Å². The topological polar surface area (TPSA) is 52.3 Å². The Morgan fingerprint density at radius 1 is 1.14 bits per heavy atom. The van der Waals surface area contributed by atoms with Gasteiger partial charge in [0.05, 0.1) is 5.60 Å². The molecule has 0 radical (unpaired) electrons. The molecule has 0 aromatic heterocycles. The third-order valence-electron chi connectivity index (χ3n) is 1.13. The van der Waals surface area contributed by atoms with Crippen molar-refractivity contribution in [3.05, 3.63) is 0 Å². The average Bonchev–Trinajstić information content (AvgIpc) is 1.79. The first-order chi connectivity index (χ1) is 5.90. The zero-order valence-electron chi connectivity index (χ0n) is 7.91. The molecule has 1 atom stereocenters. The number of carbonyl (C=O) groups is 1. The van der Waals surface area contributed by atoms with E-state index < -0.39 is 23.5 Å². The highest BCUT2D eigenvalue weighted by molar-refractivity contribution is 5.82. The van der Waals surface area contributed by atoms with E-state index in [0.29, 0.717) is 0 Å². The molecular formula is C7H11F4NO2. The molecule has 0 aliphatic rings. The lowest BCUT2D eigenvalue weighted by Crippen LogP contribution is -2.56. The zero-order chi connectivity index (χ0) is 11.8. The van der Waals surface area contributed by atoms with E-state index in [1.807, 2.05) is 0 Å². The first-order valence-electron chi connectivity index (χ1n) is 3.66. The van der Waals surface area contributed by atoms with E-state index in [0.717, 1.165) is 0 Å². The van der Waals surface area contributed by atoms with E-state index in [2.05, 4.69) is 10.5 Å². The van der Waals surface area contributed by atoms with Gasteiger partial charge in [0.25, 0.3) is 5.91 Å². The summed E-state index contributed by atoms with van der Waals surface area (Å²) < 4.78 is 53.3. The average molecular weight is 217 g/mol. The Bertz CT molecular complexity index is 233. The molecule has 0 fully saturated rings. The molecule has 3 nitrogen and oxygen atoms in total. The van der Waals surface area contributed by atoms with Crippen LogP contribution in [0.3, 0.4) is 0 Å². The van der Waals surface area contributed by atoms with Crippen molar-refractivity contribution in [1.82, 2.24) is 0 Å². The van der Waals surface area contributed by atoms with E-state index in [4.69, 9.17) is 0 Å². The van der Waals surface area contributed by atoms with E-state index >= 15 is 0 Å². The smallest absolute Gasteiger partial charge is 0.364 e. The van der Waals surface area contributed by atoms with Gasteiger partial charge in [-0.25, -0.2) is 0 Å². The molecule has 0 aromatic carbocycles. The second-order valence-electron chi connectivity index (χ2n) is 3.67. The second kappa shape index (κ2) is 3.38. The fourth-order valence-electron chi connectivity index (χ4n) is 0.670. The lowest BCUT2D eigenvalue weighted by molar-refractivity contribution is -0.336. The van der Waals surface area contributed by atoms with Gasteiger partial charge in [-0.15, -0.1) is 0 Å². The molecule has 0 saturated carbocycles. The van der Waals surface area contributed by atoms with Gasteiger partial charge >= 0.3 is 12.0 Å². The number of hydrogen-bond donors (Lipinski definition) is 1. The van der Waals surface area contributed by atoms with Crippen molar-refractivity contribution in [2.45, 2.75) is 38.4 Å². The van der Waals surface area contributed by atoms with Crippen LogP contribution in [0.25, 0.3) is 0 Å². The summed E-state index contributed by atoms with van der Waals surface area (Å²) in [6.07, 6.45) is -5.48. The zero-order valence-corrected chi connectivity index (χ0v) is 7.91. The molecule has 0 aliphatic carbocycles. The number of alkyl halides is 4. The van der Waals surface area contributed by atoms with Gasteiger partial charge in [0.1, 0.15) is 0 Å². The molecule has 2 N–H and O–H groups in total. The molecule has 1 amide bonds. The first-order valence-corrected chi connectivity index (χ1v) is 3.66. The maximum absolute atomic E-state index is 13.1. The Morgan fingerprint density at radius 2 is 1.50 bits per heavy atom. The summed E-state index contributed by atoms with van der Waals surface area (Å²) in [7, 11) is 0. The minimum atomic E-state index is -5.48. The Hall–Kier alpha value is -0.850. The molecule has 0 saturated heterocycles. The summed E-state index contributed by atoms with van der Waals surface area (Å²) in [5.41, 5.74) is 2.83. The highest BCUT2D eigenvalue weighted by Crippen LogP contribution is 2.37. The number of halogens is 4. The third kappa shape index (κ3) is 2.83. The lowest BCUT2D eigenvalue weighted by Gasteiger charge is -2.31. The molecule has 84 valence electrons. The van der Waals surface area contributed by atoms with Gasteiger partial charge in [0, 0.05) is 0 Å². The fraction of sp³-hybridized carbons (Fsp3) is 0.857. The number of rotatable bonds is 2. The van der Waals surface area contributed by atoms with Gasteiger partial charge < -0.3 is 10.5 Å². The van der Waals surface area contributed by atoms with Crippen molar-refractivity contribution >= 4 is 5.91 Å². The minimum absolute atomic E-state index is 1.18. The van der Waals surface area contributed by atoms with Gasteiger partial charge in [0.15, 0.2) is 0 Å². The highest BCUT2D eigenvalue weighted by Gasteiger charge is 2.64. The number of hydrogen-bond acceptors (Lipinski definition) is 2. The summed E-state index contributed by atoms with van der Waals surface area (Å²) in [5, 5.41) is 0. The third-order valence-corrected chi connectivity index (χ3v) is 1.13. The van der Waals surface area contributed by atoms with Crippen molar-refractivity contribution in [2.75, 3.05) is 0 Å². The van der Waals surface area contributed by atoms with Gasteiger partial charge in [-0.1, -0.05) is 0 Å². The molecular weight excluding hydrogens is 206 g/mol. The SMILES string of the molecule is CC(C)(C)OC(F)(C(N)=O)C(F)(F)F. The number of primary amides is 1. The van der Waals surface area contributed by atoms with E-state index in [9.17, 15) is 22.4 Å². The van der Waals surface area contributed by atoms with Gasteiger partial charge in [-0.05, 0) is 20.8 Å². The van der Waals surface area contributed by atoms with E-state index in [1.54, 1.807) is 0 Å². The standard InChI is InChI=1S/C7H11F4NO2/c1-5(2,3)14-6(8,4(12)13)7(9,10)11/h1-3H3,(H2,12,13). The molecule has 0 spiro atoms. The van der Waals surface area contributed by atoms with Crippen LogP contribution in [0.4, 0.5) is 17.6 Å². The number of nitrogens with two attached hydrogens (primary N) is 1. The monoisotopic (exact) mass is 217 g/mol. The van der Waals surface area contributed by atoms with Crippen LogP contribution < -0.4 is 5.73 Å². The Balaban J connectivity index is 5.04. The van der Waals surface area contributed by atoms with Crippen LogP contribution in [-0.2, 0) is 9.53 Å². The molecule has 0 rings (SSSR count). The number of amides is 1. The number of carbonyl (C=O) groups excluding carboxylic acids is 1. The van der Waals surface area contributed by atoms with Crippen molar-refractivity contribution in [3.63, 3.8) is 0 Å². The van der Waals surface area contributed by atoms with Gasteiger partial charge in [-0.3, -0.25) is 4.79 Å². The minimum Gasteiger partial charge on any atom is -0.364 e. The van der Waals surface area contributed by atoms with Crippen LogP contribution in [0.5, 0.6) is 0 Å². The fourth-order valence-corrected chi connectivity index (χ4v) is 0.670. The molecule has 0 bridgehead atoms. The number of ether oxygens (including phenoxy) is 1. The summed E-state index contributed by atoms with van der Waals surface area (Å²) in [6, 6.07) is 0. The van der Waals surface area contributed by atoms with Crippen molar-refractivity contribution < 1.29 is 27.1 Å². The summed E-state index contributed by atoms with van der Waals surface area (Å²) in [4.78, 5) is 10.3. The summed E-state index contributed by atoms with van der Waals surface area (Å²) in [5.74, 6) is -6.65. The molecule has 14 heavy (non-hydrogen) atoms. The van der Waals surface area contributed by atoms with Crippen molar-refractivity contribution in [2.24, 2.45) is 5.73 Å². The normalized spacial score (nSPS) is 17.6. The van der Waals surface area contributed by atoms with E-state index in [-0.39, 0.29) is 0 Å². The van der Waals surface area contributed by atoms with Crippen molar-refractivity contribution in [3.8, 4) is 0 Å². The van der Waals surface area contributed by atoms with Gasteiger partial charge in [0.2, 0.25) is 0 Å². The summed E-state index contributed by atoms with van der Waals surface area (Å²) in [6.45, 7) is 3.53. The maximum atomic E-state index is 13.1. The second-order valence-corrected chi connectivity index (χ2v) is 3.67. The first kappa shape index (κ1) is 13.2. The van der Waals surface area contributed by atoms with Gasteiger partial charge in [-0.2, -0.15) is 17.6 Å². The van der Waals surface area contributed by atoms with Crippen LogP contribution >= 0.6 is 0 Å². The lowest BCUT2D eigenvalue weighted by atomic mass is 10.1. The van der Waals surface area contributed by atoms with Crippen LogP contribution in [0.2, 0.25) is 0 Å². The molecule has 7 heteroatoms. The molecule has 0 aromatic rings. The van der Waals surface area contributed by atoms with Crippen LogP contribution in [0.1, 0.15) is 20.8 Å². The molecule has 1 unspecified atom stereocenters. The largest absolute Gasteiger partial charge is 0.458 e. The highest BCUT2D eigenvalue weighted by atomic mass is 19.4. The quantitative estimate of drug-likeness (QED) is 0.713. The van der Waals surface area contributed by atoms with Crippen LogP contribution in [0.15, 0.2) is 0 Å². The Kier molecular flexibility index (Phi) is 3.17. The molecule has 0 heterocycles. The Morgan fingerprint density at radius 3 is 1.57 bits per heavy atom. The summed E-state index contributed by atoms with van der Waals surface area (Å²) >= 11 is 0. The van der Waals surface area contributed by atoms with Crippen LogP contribution in [0, 0.1) is 0 Å². The Labute approximate surface area is 78.2 Å². The predicted octanol–water partition coefficient (Wildman–Crippen LogP) is 1.51. The predicted molar refractivity (Wildman–Crippen MR) is 39.9 cm³/mol.